The second-order valence-corrected chi connectivity index (χ2v) is 5.10. The largest absolute Gasteiger partial charge is 0.326 e. The molecule has 20 heavy (non-hydrogen) atoms. The van der Waals surface area contributed by atoms with E-state index in [9.17, 15) is 4.79 Å². The molecule has 0 aliphatic rings. The van der Waals surface area contributed by atoms with Gasteiger partial charge in [0.2, 0.25) is 5.91 Å². The molecule has 0 aromatic heterocycles. The molecule has 2 nitrogen and oxygen atoms in total. The van der Waals surface area contributed by atoms with Crippen molar-refractivity contribution in [1.82, 2.24) is 0 Å². The summed E-state index contributed by atoms with van der Waals surface area (Å²) in [6, 6.07) is 16.1. The molecule has 0 radical (unpaired) electrons. The minimum atomic E-state index is 0.0301. The van der Waals surface area contributed by atoms with Crippen LogP contribution in [0.15, 0.2) is 48.5 Å². The highest BCUT2D eigenvalue weighted by molar-refractivity contribution is 5.92. The molecule has 2 aromatic rings. The summed E-state index contributed by atoms with van der Waals surface area (Å²) in [4.78, 5) is 12.0. The first-order valence-electron chi connectivity index (χ1n) is 7.12. The summed E-state index contributed by atoms with van der Waals surface area (Å²) in [6.07, 6.45) is 2.64. The number of nitrogens with one attached hydrogen (secondary N) is 1. The van der Waals surface area contributed by atoms with Crippen molar-refractivity contribution in [3.05, 3.63) is 65.2 Å². The molecule has 0 unspecified atom stereocenters. The molecule has 0 aliphatic carbocycles. The fourth-order valence-electron chi connectivity index (χ4n) is 2.23. The topological polar surface area (TPSA) is 29.1 Å². The van der Waals surface area contributed by atoms with Crippen molar-refractivity contribution in [3.63, 3.8) is 0 Å². The van der Waals surface area contributed by atoms with Gasteiger partial charge in [0.1, 0.15) is 0 Å². The minimum Gasteiger partial charge on any atom is -0.326 e. The number of carbonyl (C=O) groups is 1. The molecule has 0 saturated carbocycles. The van der Waals surface area contributed by atoms with E-state index in [-0.39, 0.29) is 5.91 Å². The van der Waals surface area contributed by atoms with Crippen molar-refractivity contribution in [1.29, 1.82) is 0 Å². The van der Waals surface area contributed by atoms with Crippen LogP contribution in [0, 0.1) is 6.92 Å². The smallest absolute Gasteiger partial charge is 0.228 e. The maximum Gasteiger partial charge on any atom is 0.228 e. The Labute approximate surface area is 120 Å². The minimum absolute atomic E-state index is 0.0301. The third-order valence-electron chi connectivity index (χ3n) is 3.39. The number of hydrogen-bond donors (Lipinski definition) is 1. The Morgan fingerprint density at radius 2 is 1.75 bits per heavy atom. The highest BCUT2D eigenvalue weighted by atomic mass is 16.1. The Hall–Kier alpha value is -2.09. The normalized spacial score (nSPS) is 10.3. The summed E-state index contributed by atoms with van der Waals surface area (Å²) in [5.74, 6) is 0.0301. The van der Waals surface area contributed by atoms with Crippen molar-refractivity contribution < 1.29 is 4.79 Å². The Bertz CT molecular complexity index is 572. The van der Waals surface area contributed by atoms with Crippen LogP contribution >= 0.6 is 0 Å². The lowest BCUT2D eigenvalue weighted by Crippen LogP contribution is -2.14. The molecule has 0 aliphatic heterocycles. The van der Waals surface area contributed by atoms with E-state index in [0.29, 0.717) is 6.42 Å². The van der Waals surface area contributed by atoms with Gasteiger partial charge >= 0.3 is 0 Å². The summed E-state index contributed by atoms with van der Waals surface area (Å²) >= 11 is 0. The van der Waals surface area contributed by atoms with Gasteiger partial charge in [0.15, 0.2) is 0 Å². The zero-order valence-electron chi connectivity index (χ0n) is 12.1. The quantitative estimate of drug-likeness (QED) is 0.867. The highest BCUT2D eigenvalue weighted by Crippen LogP contribution is 2.13. The van der Waals surface area contributed by atoms with E-state index in [2.05, 4.69) is 24.4 Å². The van der Waals surface area contributed by atoms with Crippen molar-refractivity contribution in [2.75, 3.05) is 5.32 Å². The van der Waals surface area contributed by atoms with Crippen molar-refractivity contribution in [2.24, 2.45) is 0 Å². The Balaban J connectivity index is 1.96. The van der Waals surface area contributed by atoms with Crippen LogP contribution in [0.25, 0.3) is 0 Å². The van der Waals surface area contributed by atoms with Crippen LogP contribution in [0.1, 0.15) is 30.0 Å². The van der Waals surface area contributed by atoms with Gasteiger partial charge in [-0.25, -0.2) is 0 Å². The number of rotatable bonds is 5. The lowest BCUT2D eigenvalue weighted by molar-refractivity contribution is -0.115. The maximum absolute atomic E-state index is 12.0. The lowest BCUT2D eigenvalue weighted by Gasteiger charge is -2.08. The molecule has 0 saturated heterocycles. The van der Waals surface area contributed by atoms with Crippen molar-refractivity contribution in [2.45, 2.75) is 33.1 Å². The van der Waals surface area contributed by atoms with Gasteiger partial charge in [0, 0.05) is 5.69 Å². The van der Waals surface area contributed by atoms with Gasteiger partial charge in [0.25, 0.3) is 0 Å². The maximum atomic E-state index is 12.0. The first-order chi connectivity index (χ1) is 9.69. The molecule has 104 valence electrons. The molecule has 0 heterocycles. The van der Waals surface area contributed by atoms with Crippen LogP contribution < -0.4 is 5.32 Å². The predicted octanol–water partition coefficient (Wildman–Crippen LogP) is 4.13. The molecule has 0 fully saturated rings. The van der Waals surface area contributed by atoms with Crippen LogP contribution in [-0.4, -0.2) is 5.91 Å². The van der Waals surface area contributed by atoms with Crippen molar-refractivity contribution >= 4 is 11.6 Å². The zero-order valence-corrected chi connectivity index (χ0v) is 12.1. The third kappa shape index (κ3) is 3.95. The standard InChI is InChI=1S/C18H21NO/c1-3-6-15-9-11-17(12-10-15)19-18(20)13-16-8-5-4-7-14(16)2/h4-5,7-12H,3,6,13H2,1-2H3,(H,19,20). The van der Waals surface area contributed by atoms with Gasteiger partial charge in [-0.15, -0.1) is 0 Å². The molecule has 1 N–H and O–H groups in total. The third-order valence-corrected chi connectivity index (χ3v) is 3.39. The van der Waals surface area contributed by atoms with Gasteiger partial charge in [0.05, 0.1) is 6.42 Å². The number of anilines is 1. The second-order valence-electron chi connectivity index (χ2n) is 5.10. The number of carbonyl (C=O) groups excluding carboxylic acids is 1. The van der Waals surface area contributed by atoms with Gasteiger partial charge in [-0.2, -0.15) is 0 Å². The fraction of sp³-hybridized carbons (Fsp3) is 0.278. The number of hydrogen-bond acceptors (Lipinski definition) is 1. The first-order valence-corrected chi connectivity index (χ1v) is 7.12. The van der Waals surface area contributed by atoms with E-state index in [1.54, 1.807) is 0 Å². The van der Waals surface area contributed by atoms with Crippen LogP contribution in [0.3, 0.4) is 0 Å². The number of amides is 1. The van der Waals surface area contributed by atoms with Crippen molar-refractivity contribution in [3.8, 4) is 0 Å². The summed E-state index contributed by atoms with van der Waals surface area (Å²) < 4.78 is 0. The average molecular weight is 267 g/mol. The van der Waals surface area contributed by atoms with Crippen LogP contribution in [0.4, 0.5) is 5.69 Å². The summed E-state index contributed by atoms with van der Waals surface area (Å²) in [6.45, 7) is 4.19. The van der Waals surface area contributed by atoms with E-state index in [1.807, 2.05) is 43.3 Å². The molecular formula is C18H21NO. The molecule has 2 heteroatoms. The number of aryl methyl sites for hydroxylation is 2. The molecule has 1 amide bonds. The lowest BCUT2D eigenvalue weighted by atomic mass is 10.1. The Kier molecular flexibility index (Phi) is 4.94. The van der Waals surface area contributed by atoms with Gasteiger partial charge in [-0.1, -0.05) is 49.7 Å². The molecule has 0 atom stereocenters. The van der Waals surface area contributed by atoms with E-state index < -0.39 is 0 Å². The summed E-state index contributed by atoms with van der Waals surface area (Å²) in [7, 11) is 0. The second kappa shape index (κ2) is 6.90. The van der Waals surface area contributed by atoms with Gasteiger partial charge in [-0.05, 0) is 42.2 Å². The van der Waals surface area contributed by atoms with Gasteiger partial charge in [-0.3, -0.25) is 4.79 Å². The molecule has 0 bridgehead atoms. The van der Waals surface area contributed by atoms with Crippen LogP contribution in [-0.2, 0) is 17.6 Å². The molecule has 0 spiro atoms. The summed E-state index contributed by atoms with van der Waals surface area (Å²) in [5, 5.41) is 2.95. The van der Waals surface area contributed by atoms with E-state index in [0.717, 1.165) is 29.7 Å². The van der Waals surface area contributed by atoms with E-state index >= 15 is 0 Å². The van der Waals surface area contributed by atoms with Crippen LogP contribution in [0.2, 0.25) is 0 Å². The fourth-order valence-corrected chi connectivity index (χ4v) is 2.23. The molecule has 2 aromatic carbocycles. The Morgan fingerprint density at radius 1 is 1.05 bits per heavy atom. The summed E-state index contributed by atoms with van der Waals surface area (Å²) in [5.41, 5.74) is 4.40. The monoisotopic (exact) mass is 267 g/mol. The number of benzene rings is 2. The predicted molar refractivity (Wildman–Crippen MR) is 83.9 cm³/mol. The Morgan fingerprint density at radius 3 is 2.40 bits per heavy atom. The van der Waals surface area contributed by atoms with Crippen LogP contribution in [0.5, 0.6) is 0 Å². The zero-order chi connectivity index (χ0) is 14.4. The van der Waals surface area contributed by atoms with E-state index in [1.165, 1.54) is 5.56 Å². The highest BCUT2D eigenvalue weighted by Gasteiger charge is 2.06. The van der Waals surface area contributed by atoms with E-state index in [4.69, 9.17) is 0 Å². The SMILES string of the molecule is CCCc1ccc(NC(=O)Cc2ccccc2C)cc1. The van der Waals surface area contributed by atoms with Gasteiger partial charge < -0.3 is 5.32 Å². The molecule has 2 rings (SSSR count). The molecular weight excluding hydrogens is 246 g/mol. The average Bonchev–Trinajstić information content (AvgIpc) is 2.44. The first kappa shape index (κ1) is 14.3.